The van der Waals surface area contributed by atoms with Gasteiger partial charge in [-0.15, -0.1) is 0 Å². The Hall–Kier alpha value is -3.27. The van der Waals surface area contributed by atoms with Gasteiger partial charge in [0.25, 0.3) is 5.91 Å². The second-order valence-electron chi connectivity index (χ2n) is 6.01. The predicted octanol–water partition coefficient (Wildman–Crippen LogP) is 3.22. The lowest BCUT2D eigenvalue weighted by molar-refractivity contribution is -0.121. The number of carbonyl (C=O) groups is 2. The molecule has 1 unspecified atom stereocenters. The van der Waals surface area contributed by atoms with Crippen molar-refractivity contribution in [3.63, 3.8) is 0 Å². The van der Waals surface area contributed by atoms with Crippen LogP contribution in [0, 0.1) is 23.0 Å². The van der Waals surface area contributed by atoms with Crippen LogP contribution in [0.2, 0.25) is 0 Å². The minimum atomic E-state index is -0.929. The molecule has 2 rings (SSSR count). The van der Waals surface area contributed by atoms with Crippen molar-refractivity contribution < 1.29 is 18.4 Å². The molecule has 2 N–H and O–H groups in total. The lowest BCUT2D eigenvalue weighted by Crippen LogP contribution is -2.29. The second kappa shape index (κ2) is 9.43. The summed E-state index contributed by atoms with van der Waals surface area (Å²) >= 11 is 0. The summed E-state index contributed by atoms with van der Waals surface area (Å²) in [7, 11) is 0. The Labute approximate surface area is 156 Å². The smallest absolute Gasteiger partial charge is 0.254 e. The first-order valence-electron chi connectivity index (χ1n) is 8.43. The Bertz CT molecular complexity index is 861. The van der Waals surface area contributed by atoms with E-state index in [0.717, 1.165) is 17.7 Å². The molecule has 0 saturated heterocycles. The SMILES string of the molecule is CC(NC(=O)CCCNC(=O)c1ccc(F)cc1F)c1ccc(C#N)cc1. The maximum absolute atomic E-state index is 13.5. The number of amides is 2. The molecule has 0 spiro atoms. The van der Waals surface area contributed by atoms with E-state index >= 15 is 0 Å². The fourth-order valence-electron chi connectivity index (χ4n) is 2.46. The fraction of sp³-hybridized carbons (Fsp3) is 0.250. The lowest BCUT2D eigenvalue weighted by Gasteiger charge is -2.14. The van der Waals surface area contributed by atoms with Crippen molar-refractivity contribution in [3.8, 4) is 6.07 Å². The molecule has 0 saturated carbocycles. The van der Waals surface area contributed by atoms with E-state index in [1.807, 2.05) is 13.0 Å². The molecule has 0 aliphatic carbocycles. The van der Waals surface area contributed by atoms with Crippen LogP contribution in [0.25, 0.3) is 0 Å². The molecule has 0 fully saturated rings. The summed E-state index contributed by atoms with van der Waals surface area (Å²) in [5.41, 5.74) is 1.18. The number of halogens is 2. The summed E-state index contributed by atoms with van der Waals surface area (Å²) in [4.78, 5) is 23.8. The highest BCUT2D eigenvalue weighted by Gasteiger charge is 2.13. The standard InChI is InChI=1S/C20H19F2N3O2/c1-13(15-6-4-14(12-23)5-7-15)25-19(26)3-2-10-24-20(27)17-9-8-16(21)11-18(17)22/h4-9,11,13H,2-3,10H2,1H3,(H,24,27)(H,25,26). The molecular weight excluding hydrogens is 352 g/mol. The van der Waals surface area contributed by atoms with Gasteiger partial charge in [0.05, 0.1) is 23.2 Å². The fourth-order valence-corrected chi connectivity index (χ4v) is 2.46. The predicted molar refractivity (Wildman–Crippen MR) is 95.6 cm³/mol. The summed E-state index contributed by atoms with van der Waals surface area (Å²) < 4.78 is 26.3. The number of carbonyl (C=O) groups excluding carboxylic acids is 2. The van der Waals surface area contributed by atoms with Gasteiger partial charge in [-0.1, -0.05) is 12.1 Å². The Morgan fingerprint density at radius 3 is 2.48 bits per heavy atom. The van der Waals surface area contributed by atoms with E-state index in [0.29, 0.717) is 18.1 Å². The molecule has 2 aromatic carbocycles. The average molecular weight is 371 g/mol. The molecule has 27 heavy (non-hydrogen) atoms. The maximum Gasteiger partial charge on any atom is 0.254 e. The van der Waals surface area contributed by atoms with Gasteiger partial charge in [0.2, 0.25) is 5.91 Å². The van der Waals surface area contributed by atoms with Crippen LogP contribution >= 0.6 is 0 Å². The van der Waals surface area contributed by atoms with Gasteiger partial charge in [-0.05, 0) is 43.2 Å². The zero-order valence-corrected chi connectivity index (χ0v) is 14.8. The molecular formula is C20H19F2N3O2. The Morgan fingerprint density at radius 2 is 1.85 bits per heavy atom. The summed E-state index contributed by atoms with van der Waals surface area (Å²) in [5, 5.41) is 14.1. The number of hydrogen-bond acceptors (Lipinski definition) is 3. The van der Waals surface area contributed by atoms with Gasteiger partial charge in [0, 0.05) is 19.0 Å². The van der Waals surface area contributed by atoms with Crippen LogP contribution in [-0.2, 0) is 4.79 Å². The number of nitrogens with zero attached hydrogens (tertiary/aromatic N) is 1. The highest BCUT2D eigenvalue weighted by Crippen LogP contribution is 2.13. The third kappa shape index (κ3) is 5.89. The minimum absolute atomic E-state index is 0.186. The second-order valence-corrected chi connectivity index (χ2v) is 6.01. The first-order valence-corrected chi connectivity index (χ1v) is 8.43. The number of nitrogens with one attached hydrogen (secondary N) is 2. The monoisotopic (exact) mass is 371 g/mol. The summed E-state index contributed by atoms with van der Waals surface area (Å²) in [6.45, 7) is 2.02. The van der Waals surface area contributed by atoms with Gasteiger partial charge in [0.15, 0.2) is 0 Å². The van der Waals surface area contributed by atoms with Gasteiger partial charge in [-0.25, -0.2) is 8.78 Å². The molecule has 7 heteroatoms. The van der Waals surface area contributed by atoms with Crippen LogP contribution in [-0.4, -0.2) is 18.4 Å². The summed E-state index contributed by atoms with van der Waals surface area (Å²) in [5.74, 6) is -2.52. The van der Waals surface area contributed by atoms with Gasteiger partial charge >= 0.3 is 0 Å². The van der Waals surface area contributed by atoms with Crippen molar-refractivity contribution in [1.29, 1.82) is 5.26 Å². The Balaban J connectivity index is 1.73. The van der Waals surface area contributed by atoms with Crippen molar-refractivity contribution >= 4 is 11.8 Å². The minimum Gasteiger partial charge on any atom is -0.352 e. The first-order chi connectivity index (χ1) is 12.9. The van der Waals surface area contributed by atoms with E-state index in [1.165, 1.54) is 0 Å². The number of rotatable bonds is 7. The molecule has 0 radical (unpaired) electrons. The normalized spacial score (nSPS) is 11.3. The maximum atomic E-state index is 13.5. The zero-order valence-electron chi connectivity index (χ0n) is 14.8. The Kier molecular flexibility index (Phi) is 7.00. The van der Waals surface area contributed by atoms with Crippen molar-refractivity contribution in [2.45, 2.75) is 25.8 Å². The molecule has 0 aliphatic heterocycles. The molecule has 1 atom stereocenters. The lowest BCUT2D eigenvalue weighted by atomic mass is 10.1. The molecule has 0 heterocycles. The van der Waals surface area contributed by atoms with Crippen LogP contribution < -0.4 is 10.6 Å². The van der Waals surface area contributed by atoms with Gasteiger partial charge in [-0.2, -0.15) is 5.26 Å². The molecule has 0 bridgehead atoms. The third-order valence-electron chi connectivity index (χ3n) is 3.96. The van der Waals surface area contributed by atoms with E-state index in [-0.39, 0.29) is 30.5 Å². The molecule has 5 nitrogen and oxygen atoms in total. The highest BCUT2D eigenvalue weighted by molar-refractivity contribution is 5.94. The molecule has 0 aromatic heterocycles. The van der Waals surface area contributed by atoms with Crippen molar-refractivity contribution in [3.05, 3.63) is 70.8 Å². The zero-order chi connectivity index (χ0) is 19.8. The number of hydrogen-bond donors (Lipinski definition) is 2. The van der Waals surface area contributed by atoms with Crippen LogP contribution in [0.15, 0.2) is 42.5 Å². The quantitative estimate of drug-likeness (QED) is 0.733. The number of benzene rings is 2. The van der Waals surface area contributed by atoms with Gasteiger partial charge in [-0.3, -0.25) is 9.59 Å². The molecule has 0 aliphatic rings. The summed E-state index contributed by atoms with van der Waals surface area (Å²) in [6.07, 6.45) is 0.563. The van der Waals surface area contributed by atoms with E-state index in [4.69, 9.17) is 5.26 Å². The van der Waals surface area contributed by atoms with Crippen molar-refractivity contribution in [2.24, 2.45) is 0 Å². The van der Waals surface area contributed by atoms with E-state index in [9.17, 15) is 18.4 Å². The number of nitriles is 1. The van der Waals surface area contributed by atoms with Crippen LogP contribution in [0.4, 0.5) is 8.78 Å². The van der Waals surface area contributed by atoms with Gasteiger partial charge < -0.3 is 10.6 Å². The average Bonchev–Trinajstić information content (AvgIpc) is 2.65. The van der Waals surface area contributed by atoms with Gasteiger partial charge in [0.1, 0.15) is 11.6 Å². The highest BCUT2D eigenvalue weighted by atomic mass is 19.1. The van der Waals surface area contributed by atoms with E-state index < -0.39 is 17.5 Å². The molecule has 2 aromatic rings. The largest absolute Gasteiger partial charge is 0.352 e. The van der Waals surface area contributed by atoms with Crippen LogP contribution in [0.1, 0.15) is 47.3 Å². The molecule has 140 valence electrons. The third-order valence-corrected chi connectivity index (χ3v) is 3.96. The molecule has 2 amide bonds. The van der Waals surface area contributed by atoms with E-state index in [1.54, 1.807) is 24.3 Å². The van der Waals surface area contributed by atoms with E-state index in [2.05, 4.69) is 10.6 Å². The topological polar surface area (TPSA) is 82.0 Å². The summed E-state index contributed by atoms with van der Waals surface area (Å²) in [6, 6.07) is 11.5. The first kappa shape index (κ1) is 20.0. The Morgan fingerprint density at radius 1 is 1.15 bits per heavy atom. The van der Waals surface area contributed by atoms with Crippen molar-refractivity contribution in [2.75, 3.05) is 6.54 Å². The van der Waals surface area contributed by atoms with Crippen LogP contribution in [0.3, 0.4) is 0 Å². The van der Waals surface area contributed by atoms with Crippen LogP contribution in [0.5, 0.6) is 0 Å². The van der Waals surface area contributed by atoms with Crippen molar-refractivity contribution in [1.82, 2.24) is 10.6 Å².